The Balaban J connectivity index is 1.64. The lowest BCUT2D eigenvalue weighted by molar-refractivity contribution is 0.0752. The first kappa shape index (κ1) is 28.8. The molecule has 5 aromatic rings. The molecule has 0 amide bonds. The molecular weight excluding hydrogens is 580 g/mol. The molecule has 0 atom stereocenters. The number of anilines is 1. The Bertz CT molecular complexity index is 1830. The van der Waals surface area contributed by atoms with Crippen LogP contribution in [0.5, 0.6) is 0 Å². The largest absolute Gasteiger partial charge is 0.365 e. The first-order valence-electron chi connectivity index (χ1n) is 12.8. The van der Waals surface area contributed by atoms with Crippen LogP contribution in [0.1, 0.15) is 56.9 Å². The summed E-state index contributed by atoms with van der Waals surface area (Å²) in [6.45, 7) is 5.26. The highest BCUT2D eigenvalue weighted by Gasteiger charge is 2.29. The third-order valence-electron chi connectivity index (χ3n) is 6.25. The zero-order chi connectivity index (χ0) is 30.0. The van der Waals surface area contributed by atoms with Crippen LogP contribution in [0.25, 0.3) is 11.3 Å². The van der Waals surface area contributed by atoms with Crippen LogP contribution in [-0.2, 0) is 13.1 Å². The number of hydrogen-bond donors (Lipinski definition) is 1. The van der Waals surface area contributed by atoms with Crippen LogP contribution < -0.4 is 10.9 Å². The van der Waals surface area contributed by atoms with Crippen LogP contribution in [0.4, 0.5) is 5.82 Å². The van der Waals surface area contributed by atoms with Crippen molar-refractivity contribution in [2.45, 2.75) is 33.9 Å². The van der Waals surface area contributed by atoms with Crippen molar-refractivity contribution < 1.29 is 18.9 Å². The maximum atomic E-state index is 13.9. The van der Waals surface area contributed by atoms with Gasteiger partial charge in [0.05, 0.1) is 34.7 Å². The molecule has 0 fully saturated rings. The molecule has 5 rings (SSSR count). The molecule has 0 saturated heterocycles. The maximum Gasteiger partial charge on any atom is 0.261 e. The van der Waals surface area contributed by atoms with Crippen molar-refractivity contribution in [3.05, 3.63) is 104 Å². The van der Waals surface area contributed by atoms with Crippen molar-refractivity contribution in [1.29, 1.82) is 0 Å². The maximum absolute atomic E-state index is 13.9. The van der Waals surface area contributed by atoms with Crippen molar-refractivity contribution >= 4 is 46.2 Å². The zero-order valence-corrected chi connectivity index (χ0v) is 24.4. The number of rotatable bonds is 9. The second kappa shape index (κ2) is 11.7. The van der Waals surface area contributed by atoms with Crippen LogP contribution in [0.3, 0.4) is 0 Å². The van der Waals surface area contributed by atoms with E-state index in [1.807, 2.05) is 6.07 Å². The monoisotopic (exact) mass is 604 g/mol. The predicted octanol–water partition coefficient (Wildman–Crippen LogP) is 5.22. The molecule has 214 valence electrons. The molecule has 5 aromatic heterocycles. The molecule has 0 aliphatic heterocycles. The molecule has 0 aliphatic rings. The van der Waals surface area contributed by atoms with Crippen molar-refractivity contribution in [2.24, 2.45) is 5.41 Å². The van der Waals surface area contributed by atoms with Crippen LogP contribution in [-0.4, -0.2) is 42.0 Å². The van der Waals surface area contributed by atoms with Gasteiger partial charge < -0.3 is 14.4 Å². The second-order valence-corrected chi connectivity index (χ2v) is 12.2. The Kier molecular flexibility index (Phi) is 8.01. The van der Waals surface area contributed by atoms with Gasteiger partial charge in [0.1, 0.15) is 23.5 Å². The minimum absolute atomic E-state index is 0.0248. The Morgan fingerprint density at radius 3 is 2.57 bits per heavy atom. The summed E-state index contributed by atoms with van der Waals surface area (Å²) in [6.07, 6.45) is 5.28. The summed E-state index contributed by atoms with van der Waals surface area (Å²) in [5, 5.41) is 11.3. The van der Waals surface area contributed by atoms with Crippen molar-refractivity contribution in [3.8, 4) is 11.3 Å². The second-order valence-electron chi connectivity index (χ2n) is 10.4. The Morgan fingerprint density at radius 1 is 1.12 bits per heavy atom. The third-order valence-corrected chi connectivity index (χ3v) is 7.48. The van der Waals surface area contributed by atoms with Gasteiger partial charge in [0, 0.05) is 34.3 Å². The van der Waals surface area contributed by atoms with Gasteiger partial charge in [-0.1, -0.05) is 43.6 Å². The van der Waals surface area contributed by atoms with Crippen LogP contribution >= 0.6 is 22.9 Å². The van der Waals surface area contributed by atoms with E-state index < -0.39 is 22.5 Å². The number of hydrogen-bond acceptors (Lipinski definition) is 10. The topological polar surface area (TPSA) is 142 Å². The van der Waals surface area contributed by atoms with E-state index in [2.05, 4.69) is 20.6 Å². The molecule has 0 aromatic carbocycles. The van der Waals surface area contributed by atoms with Gasteiger partial charge in [-0.3, -0.25) is 24.2 Å². The third kappa shape index (κ3) is 5.99. The summed E-state index contributed by atoms with van der Waals surface area (Å²) < 4.78 is 7.74. The minimum atomic E-state index is -0.819. The van der Waals surface area contributed by atoms with Crippen LogP contribution in [0.15, 0.2) is 76.6 Å². The van der Waals surface area contributed by atoms with Gasteiger partial charge >= 0.3 is 0 Å². The van der Waals surface area contributed by atoms with E-state index in [1.165, 1.54) is 63.6 Å². The van der Waals surface area contributed by atoms with Gasteiger partial charge in [0.15, 0.2) is 5.78 Å². The fraction of sp³-hybridized carbons (Fsp3) is 0.207. The number of nitrogens with zero attached hydrogens (tertiary/aromatic N) is 5. The molecule has 0 spiro atoms. The molecule has 13 heteroatoms. The standard InChI is InChI=1S/C29H25ClN6O5S/c1-29(2,3)28(40)36-24(32-14-18-7-8-23(30)42-18)12-21(34-36)25-19(26(38)20-6-4-5-10-31-20)9-11-35(27(25)39)15-22(37)17-13-33-41-16-17/h4-13,16,32H,14-15H2,1-3H3. The molecule has 5 heterocycles. The Labute approximate surface area is 248 Å². The normalized spacial score (nSPS) is 11.4. The van der Waals surface area contributed by atoms with Crippen molar-refractivity contribution in [2.75, 3.05) is 5.32 Å². The summed E-state index contributed by atoms with van der Waals surface area (Å²) in [5.74, 6) is -0.948. The predicted molar refractivity (Wildman–Crippen MR) is 157 cm³/mol. The van der Waals surface area contributed by atoms with E-state index in [4.69, 9.17) is 16.1 Å². The molecule has 1 N–H and O–H groups in total. The SMILES string of the molecule is CC(C)(C)C(=O)n1nc(-c2c(C(=O)c3ccccn3)ccn(CC(=O)c3cnoc3)c2=O)cc1NCc1ccc(Cl)s1. The lowest BCUT2D eigenvalue weighted by Gasteiger charge is -2.18. The van der Waals surface area contributed by atoms with Gasteiger partial charge in [-0.2, -0.15) is 9.78 Å². The summed E-state index contributed by atoms with van der Waals surface area (Å²) in [4.78, 5) is 58.8. The van der Waals surface area contributed by atoms with Gasteiger partial charge in [0.25, 0.3) is 11.5 Å². The summed E-state index contributed by atoms with van der Waals surface area (Å²) >= 11 is 7.46. The first-order valence-corrected chi connectivity index (χ1v) is 14.0. The van der Waals surface area contributed by atoms with E-state index in [1.54, 1.807) is 39.0 Å². The number of thiophene rings is 1. The van der Waals surface area contributed by atoms with Crippen LogP contribution in [0.2, 0.25) is 4.34 Å². The molecule has 11 nitrogen and oxygen atoms in total. The number of pyridine rings is 2. The minimum Gasteiger partial charge on any atom is -0.365 e. The van der Waals surface area contributed by atoms with Crippen LogP contribution in [0, 0.1) is 5.41 Å². The molecule has 0 aliphatic carbocycles. The van der Waals surface area contributed by atoms with E-state index in [0.717, 1.165) is 4.88 Å². The smallest absolute Gasteiger partial charge is 0.261 e. The number of carbonyl (C=O) groups excluding carboxylic acids is 3. The van der Waals surface area contributed by atoms with E-state index in [0.29, 0.717) is 16.7 Å². The number of ketones is 2. The highest BCUT2D eigenvalue weighted by Crippen LogP contribution is 2.29. The molecular formula is C29H25ClN6O5S. The summed E-state index contributed by atoms with van der Waals surface area (Å²) in [5.41, 5.74) is -1.13. The average molecular weight is 605 g/mol. The Hall–Kier alpha value is -4.68. The van der Waals surface area contributed by atoms with E-state index in [9.17, 15) is 19.2 Å². The first-order chi connectivity index (χ1) is 20.0. The summed E-state index contributed by atoms with van der Waals surface area (Å²) in [6, 6.07) is 11.5. The van der Waals surface area contributed by atoms with Gasteiger partial charge in [-0.15, -0.1) is 11.3 Å². The lowest BCUT2D eigenvalue weighted by atomic mass is 9.96. The van der Waals surface area contributed by atoms with Gasteiger partial charge in [-0.05, 0) is 30.3 Å². The van der Waals surface area contributed by atoms with Gasteiger partial charge in [0.2, 0.25) is 5.78 Å². The lowest BCUT2D eigenvalue weighted by Crippen LogP contribution is -2.29. The number of nitrogens with one attached hydrogen (secondary N) is 1. The number of aromatic nitrogens is 5. The van der Waals surface area contributed by atoms with E-state index in [-0.39, 0.29) is 40.5 Å². The zero-order valence-electron chi connectivity index (χ0n) is 22.8. The number of carbonyl (C=O) groups is 3. The quantitative estimate of drug-likeness (QED) is 0.224. The molecule has 0 radical (unpaired) electrons. The molecule has 0 saturated carbocycles. The van der Waals surface area contributed by atoms with Gasteiger partial charge in [-0.25, -0.2) is 0 Å². The Morgan fingerprint density at radius 2 is 1.93 bits per heavy atom. The highest BCUT2D eigenvalue weighted by molar-refractivity contribution is 7.16. The fourth-order valence-corrected chi connectivity index (χ4v) is 5.11. The summed E-state index contributed by atoms with van der Waals surface area (Å²) in [7, 11) is 0. The van der Waals surface area contributed by atoms with Crippen molar-refractivity contribution in [3.63, 3.8) is 0 Å². The average Bonchev–Trinajstić information content (AvgIpc) is 3.73. The number of Topliss-reactive ketones (excluding diaryl/α,β-unsaturated/α-hetero) is 1. The molecule has 0 bridgehead atoms. The number of halogens is 1. The fourth-order valence-electron chi connectivity index (χ4n) is 4.09. The van der Waals surface area contributed by atoms with E-state index >= 15 is 0 Å². The highest BCUT2D eigenvalue weighted by atomic mass is 35.5. The molecule has 0 unspecified atom stereocenters. The molecule has 42 heavy (non-hydrogen) atoms. The van der Waals surface area contributed by atoms with Crippen molar-refractivity contribution in [1.82, 2.24) is 24.5 Å².